The van der Waals surface area contributed by atoms with Crippen LogP contribution in [-0.2, 0) is 11.4 Å². The molecule has 3 heteroatoms. The molecule has 0 atom stereocenters. The van der Waals surface area contributed by atoms with Crippen molar-refractivity contribution in [1.29, 1.82) is 0 Å². The van der Waals surface area contributed by atoms with Gasteiger partial charge in [-0.05, 0) is 23.8 Å². The molecule has 0 amide bonds. The van der Waals surface area contributed by atoms with Crippen LogP contribution in [0.1, 0.15) is 11.1 Å². The SMILES string of the molecule is COc1ccc([C]=O)cc1OCc1ccccc1. The number of carbonyl (C=O) groups excluding carboxylic acids is 1. The highest BCUT2D eigenvalue weighted by Crippen LogP contribution is 2.28. The average molecular weight is 241 g/mol. The zero-order valence-corrected chi connectivity index (χ0v) is 10.1. The van der Waals surface area contributed by atoms with Crippen molar-refractivity contribution < 1.29 is 14.3 Å². The minimum Gasteiger partial charge on any atom is -0.493 e. The van der Waals surface area contributed by atoms with Gasteiger partial charge in [-0.1, -0.05) is 30.3 Å². The lowest BCUT2D eigenvalue weighted by Crippen LogP contribution is -1.98. The molecule has 2 rings (SSSR count). The fourth-order valence-electron chi connectivity index (χ4n) is 1.59. The molecule has 0 spiro atoms. The second-order valence-electron chi connectivity index (χ2n) is 3.74. The molecule has 0 N–H and O–H groups in total. The van der Waals surface area contributed by atoms with Crippen molar-refractivity contribution in [3.8, 4) is 11.5 Å². The van der Waals surface area contributed by atoms with Gasteiger partial charge in [0, 0.05) is 5.56 Å². The average Bonchev–Trinajstić information content (AvgIpc) is 2.45. The molecule has 1 radical (unpaired) electrons. The summed E-state index contributed by atoms with van der Waals surface area (Å²) >= 11 is 0. The Morgan fingerprint density at radius 3 is 2.50 bits per heavy atom. The van der Waals surface area contributed by atoms with Crippen LogP contribution >= 0.6 is 0 Å². The monoisotopic (exact) mass is 241 g/mol. The first-order valence-corrected chi connectivity index (χ1v) is 5.56. The van der Waals surface area contributed by atoms with Crippen molar-refractivity contribution in [2.24, 2.45) is 0 Å². The van der Waals surface area contributed by atoms with Gasteiger partial charge in [-0.3, -0.25) is 4.79 Å². The summed E-state index contributed by atoms with van der Waals surface area (Å²) in [6.45, 7) is 0.430. The predicted molar refractivity (Wildman–Crippen MR) is 68.6 cm³/mol. The molecule has 3 nitrogen and oxygen atoms in total. The lowest BCUT2D eigenvalue weighted by Gasteiger charge is -2.10. The third kappa shape index (κ3) is 2.88. The molecule has 0 bridgehead atoms. The Labute approximate surface area is 106 Å². The van der Waals surface area contributed by atoms with Gasteiger partial charge >= 0.3 is 0 Å². The van der Waals surface area contributed by atoms with Gasteiger partial charge in [0.25, 0.3) is 0 Å². The van der Waals surface area contributed by atoms with Gasteiger partial charge in [-0.25, -0.2) is 0 Å². The van der Waals surface area contributed by atoms with E-state index in [1.54, 1.807) is 25.3 Å². The molecule has 0 aromatic heterocycles. The lowest BCUT2D eigenvalue weighted by molar-refractivity contribution is 0.284. The predicted octanol–water partition coefficient (Wildman–Crippen LogP) is 2.73. The zero-order valence-electron chi connectivity index (χ0n) is 10.1. The van der Waals surface area contributed by atoms with Gasteiger partial charge in [-0.15, -0.1) is 0 Å². The van der Waals surface area contributed by atoms with E-state index in [1.165, 1.54) is 0 Å². The highest BCUT2D eigenvalue weighted by atomic mass is 16.5. The van der Waals surface area contributed by atoms with Crippen molar-refractivity contribution in [2.75, 3.05) is 7.11 Å². The molecular formula is C15H13O3. The molecule has 2 aromatic carbocycles. The number of benzene rings is 2. The van der Waals surface area contributed by atoms with Crippen LogP contribution in [0.25, 0.3) is 0 Å². The van der Waals surface area contributed by atoms with Gasteiger partial charge in [-0.2, -0.15) is 0 Å². The topological polar surface area (TPSA) is 35.5 Å². The molecule has 2 aromatic rings. The van der Waals surface area contributed by atoms with Gasteiger partial charge < -0.3 is 9.47 Å². The fraction of sp³-hybridized carbons (Fsp3) is 0.133. The van der Waals surface area contributed by atoms with Gasteiger partial charge in [0.1, 0.15) is 6.61 Å². The van der Waals surface area contributed by atoms with E-state index in [0.29, 0.717) is 23.7 Å². The molecule has 0 aliphatic heterocycles. The third-order valence-corrected chi connectivity index (χ3v) is 2.52. The number of hydrogen-bond acceptors (Lipinski definition) is 3. The van der Waals surface area contributed by atoms with Crippen LogP contribution in [0, 0.1) is 0 Å². The van der Waals surface area contributed by atoms with Crippen LogP contribution < -0.4 is 9.47 Å². The molecule has 0 heterocycles. The highest BCUT2D eigenvalue weighted by Gasteiger charge is 2.06. The fourth-order valence-corrected chi connectivity index (χ4v) is 1.59. The van der Waals surface area contributed by atoms with Crippen molar-refractivity contribution in [3.05, 3.63) is 59.7 Å². The summed E-state index contributed by atoms with van der Waals surface area (Å²) in [6, 6.07) is 14.8. The van der Waals surface area contributed by atoms with Crippen LogP contribution in [-0.4, -0.2) is 13.4 Å². The van der Waals surface area contributed by atoms with Crippen LogP contribution in [0.15, 0.2) is 48.5 Å². The zero-order chi connectivity index (χ0) is 12.8. The Morgan fingerprint density at radius 1 is 1.06 bits per heavy atom. The second kappa shape index (κ2) is 5.87. The summed E-state index contributed by atoms with van der Waals surface area (Å²) in [4.78, 5) is 10.6. The molecule has 0 saturated carbocycles. The number of rotatable bonds is 5. The number of hydrogen-bond donors (Lipinski definition) is 0. The van der Waals surface area contributed by atoms with Crippen molar-refractivity contribution in [2.45, 2.75) is 6.61 Å². The standard InChI is InChI=1S/C15H13O3/c1-17-14-8-7-13(10-16)9-15(14)18-11-12-5-3-2-4-6-12/h2-9H,11H2,1H3. The van der Waals surface area contributed by atoms with Crippen LogP contribution in [0.4, 0.5) is 0 Å². The van der Waals surface area contributed by atoms with E-state index in [0.717, 1.165) is 5.56 Å². The maximum absolute atomic E-state index is 10.6. The van der Waals surface area contributed by atoms with Gasteiger partial charge in [0.05, 0.1) is 7.11 Å². The van der Waals surface area contributed by atoms with E-state index in [-0.39, 0.29) is 0 Å². The van der Waals surface area contributed by atoms with E-state index in [1.807, 2.05) is 36.6 Å². The van der Waals surface area contributed by atoms with Gasteiger partial charge in [0.15, 0.2) is 11.5 Å². The smallest absolute Gasteiger partial charge is 0.233 e. The number of ether oxygens (including phenoxy) is 2. The molecule has 91 valence electrons. The van der Waals surface area contributed by atoms with Crippen LogP contribution in [0.3, 0.4) is 0 Å². The summed E-state index contributed by atoms with van der Waals surface area (Å²) in [5.41, 5.74) is 1.50. The Kier molecular flexibility index (Phi) is 3.97. The molecule has 0 saturated heterocycles. The first kappa shape index (κ1) is 12.2. The Bertz CT molecular complexity index is 521. The normalized spacial score (nSPS) is 9.83. The number of methoxy groups -OCH3 is 1. The first-order valence-electron chi connectivity index (χ1n) is 5.56. The Balaban J connectivity index is 2.15. The quantitative estimate of drug-likeness (QED) is 0.807. The largest absolute Gasteiger partial charge is 0.493 e. The lowest BCUT2D eigenvalue weighted by atomic mass is 10.2. The maximum atomic E-state index is 10.6. The molecule has 0 unspecified atom stereocenters. The summed E-state index contributed by atoms with van der Waals surface area (Å²) in [7, 11) is 1.56. The van der Waals surface area contributed by atoms with Crippen molar-refractivity contribution >= 4 is 6.29 Å². The van der Waals surface area contributed by atoms with E-state index < -0.39 is 0 Å². The van der Waals surface area contributed by atoms with E-state index in [9.17, 15) is 4.79 Å². The van der Waals surface area contributed by atoms with E-state index >= 15 is 0 Å². The summed E-state index contributed by atoms with van der Waals surface area (Å²) in [5.74, 6) is 1.15. The minimum absolute atomic E-state index is 0.430. The van der Waals surface area contributed by atoms with Crippen molar-refractivity contribution in [1.82, 2.24) is 0 Å². The van der Waals surface area contributed by atoms with Crippen LogP contribution in [0.2, 0.25) is 0 Å². The second-order valence-corrected chi connectivity index (χ2v) is 3.74. The molecule has 0 aliphatic carbocycles. The van der Waals surface area contributed by atoms with Gasteiger partial charge in [0.2, 0.25) is 6.29 Å². The van der Waals surface area contributed by atoms with E-state index in [4.69, 9.17) is 9.47 Å². The maximum Gasteiger partial charge on any atom is 0.233 e. The summed E-state index contributed by atoms with van der Waals surface area (Å²) < 4.78 is 10.8. The Hall–Kier alpha value is -2.29. The highest BCUT2D eigenvalue weighted by molar-refractivity contribution is 5.76. The molecule has 0 fully saturated rings. The molecular weight excluding hydrogens is 228 g/mol. The molecule has 18 heavy (non-hydrogen) atoms. The van der Waals surface area contributed by atoms with Crippen LogP contribution in [0.5, 0.6) is 11.5 Å². The third-order valence-electron chi connectivity index (χ3n) is 2.52. The first-order chi connectivity index (χ1) is 8.83. The Morgan fingerprint density at radius 2 is 1.83 bits per heavy atom. The summed E-state index contributed by atoms with van der Waals surface area (Å²) in [5, 5.41) is 0. The van der Waals surface area contributed by atoms with E-state index in [2.05, 4.69) is 0 Å². The van der Waals surface area contributed by atoms with Crippen molar-refractivity contribution in [3.63, 3.8) is 0 Å². The molecule has 0 aliphatic rings. The minimum atomic E-state index is 0.430. The summed E-state index contributed by atoms with van der Waals surface area (Å²) in [6.07, 6.45) is 1.83.